The normalized spacial score (nSPS) is 16.7. The Labute approximate surface area is 290 Å². The number of rotatable bonds is 9. The number of amides is 1. The molecule has 49 heavy (non-hydrogen) atoms. The zero-order valence-electron chi connectivity index (χ0n) is 28.0. The second-order valence-electron chi connectivity index (χ2n) is 13.3. The number of oxazole rings is 1. The number of likely N-dealkylation sites (tertiary alicyclic amines) is 1. The third-order valence-corrected chi connectivity index (χ3v) is 10.2. The van der Waals surface area contributed by atoms with Gasteiger partial charge in [0.1, 0.15) is 11.6 Å². The number of hydrogen-bond donors (Lipinski definition) is 2. The maximum atomic E-state index is 12.4. The lowest BCUT2D eigenvalue weighted by Crippen LogP contribution is -2.35. The Morgan fingerprint density at radius 3 is 2.76 bits per heavy atom. The van der Waals surface area contributed by atoms with Crippen molar-refractivity contribution in [3.63, 3.8) is 0 Å². The minimum atomic E-state index is -0.116. The number of halogens is 1. The quantitative estimate of drug-likeness (QED) is 0.198. The maximum Gasteiger partial charge on any atom is 0.227 e. The monoisotopic (exact) mass is 677 g/mol. The van der Waals surface area contributed by atoms with Gasteiger partial charge in [-0.3, -0.25) is 14.6 Å². The number of benzene rings is 3. The van der Waals surface area contributed by atoms with E-state index in [1.54, 1.807) is 0 Å². The molecule has 7 rings (SSSR count). The van der Waals surface area contributed by atoms with E-state index >= 15 is 0 Å². The van der Waals surface area contributed by atoms with Gasteiger partial charge in [-0.2, -0.15) is 10.4 Å². The Morgan fingerprint density at radius 1 is 1.16 bits per heavy atom. The van der Waals surface area contributed by atoms with Crippen LogP contribution in [0.2, 0.25) is 5.02 Å². The van der Waals surface area contributed by atoms with Crippen molar-refractivity contribution in [1.29, 1.82) is 5.26 Å². The van der Waals surface area contributed by atoms with E-state index in [-0.39, 0.29) is 25.0 Å². The summed E-state index contributed by atoms with van der Waals surface area (Å²) in [5.74, 6) is 0.288. The molecule has 2 N–H and O–H groups in total. The Balaban J connectivity index is 1.16. The lowest BCUT2D eigenvalue weighted by molar-refractivity contribution is -0.124. The number of fused-ring (bicyclic) bond motifs is 2. The highest BCUT2D eigenvalue weighted by molar-refractivity contribution is 6.35. The van der Waals surface area contributed by atoms with E-state index in [9.17, 15) is 10.1 Å². The Bertz CT molecular complexity index is 2080. The summed E-state index contributed by atoms with van der Waals surface area (Å²) in [6, 6.07) is 18.6. The third-order valence-electron chi connectivity index (χ3n) is 9.84. The van der Waals surface area contributed by atoms with Crippen molar-refractivity contribution in [2.45, 2.75) is 52.7 Å². The van der Waals surface area contributed by atoms with Crippen molar-refractivity contribution in [3.8, 4) is 34.3 Å². The molecule has 0 radical (unpaired) electrons. The highest BCUT2D eigenvalue weighted by atomic mass is 35.5. The van der Waals surface area contributed by atoms with Crippen LogP contribution in [-0.4, -0.2) is 74.4 Å². The van der Waals surface area contributed by atoms with E-state index in [0.29, 0.717) is 46.7 Å². The van der Waals surface area contributed by atoms with Crippen LogP contribution in [0.5, 0.6) is 0 Å². The summed E-state index contributed by atoms with van der Waals surface area (Å²) in [5, 5.41) is 27.4. The largest absolute Gasteiger partial charge is 0.435 e. The van der Waals surface area contributed by atoms with Gasteiger partial charge >= 0.3 is 0 Å². The minimum absolute atomic E-state index is 0.0327. The number of hydrogen-bond acceptors (Lipinski definition) is 8. The zero-order chi connectivity index (χ0) is 34.2. The molecule has 1 atom stereocenters. The molecular weight excluding hydrogens is 638 g/mol. The van der Waals surface area contributed by atoms with Gasteiger partial charge in [-0.1, -0.05) is 35.9 Å². The average molecular weight is 678 g/mol. The van der Waals surface area contributed by atoms with Crippen LogP contribution < -0.4 is 5.32 Å². The van der Waals surface area contributed by atoms with Gasteiger partial charge < -0.3 is 14.8 Å². The fourth-order valence-corrected chi connectivity index (χ4v) is 7.42. The van der Waals surface area contributed by atoms with Gasteiger partial charge in [0, 0.05) is 56.1 Å². The van der Waals surface area contributed by atoms with Crippen molar-refractivity contribution in [2.75, 3.05) is 32.8 Å². The number of nitrogens with zero attached hydrogens (tertiary/aromatic N) is 6. The number of aliphatic hydroxyl groups excluding tert-OH is 1. The van der Waals surface area contributed by atoms with Crippen molar-refractivity contribution >= 4 is 28.6 Å². The zero-order valence-corrected chi connectivity index (χ0v) is 28.8. The van der Waals surface area contributed by atoms with Crippen LogP contribution in [0.25, 0.3) is 39.4 Å². The van der Waals surface area contributed by atoms with Crippen molar-refractivity contribution < 1.29 is 14.3 Å². The van der Waals surface area contributed by atoms with E-state index < -0.39 is 0 Å². The minimum Gasteiger partial charge on any atom is -0.435 e. The predicted octanol–water partition coefficient (Wildman–Crippen LogP) is 5.88. The van der Waals surface area contributed by atoms with Gasteiger partial charge in [-0.05, 0) is 86.7 Å². The van der Waals surface area contributed by atoms with Crippen LogP contribution in [0, 0.1) is 24.2 Å². The molecule has 0 unspecified atom stereocenters. The van der Waals surface area contributed by atoms with Gasteiger partial charge in [-0.15, -0.1) is 0 Å². The van der Waals surface area contributed by atoms with E-state index in [1.807, 2.05) is 60.1 Å². The molecule has 2 aliphatic heterocycles. The summed E-state index contributed by atoms with van der Waals surface area (Å²) < 4.78 is 8.19. The number of nitrogens with one attached hydrogen (secondary N) is 1. The molecule has 4 heterocycles. The summed E-state index contributed by atoms with van der Waals surface area (Å²) >= 11 is 7.15. The number of aliphatic hydroxyl groups is 1. The molecule has 1 fully saturated rings. The van der Waals surface area contributed by atoms with Crippen LogP contribution in [-0.2, 0) is 24.3 Å². The maximum absolute atomic E-state index is 12.4. The van der Waals surface area contributed by atoms with E-state index in [1.165, 1.54) is 5.56 Å². The molecule has 10 nitrogen and oxygen atoms in total. The smallest absolute Gasteiger partial charge is 0.227 e. The molecule has 11 heteroatoms. The van der Waals surface area contributed by atoms with Crippen LogP contribution in [0.1, 0.15) is 48.2 Å². The molecule has 0 saturated carbocycles. The van der Waals surface area contributed by atoms with Crippen LogP contribution in [0.15, 0.2) is 59.1 Å². The molecule has 2 aromatic heterocycles. The SMILES string of the molecule is Cc1c(-c2nc3cc(CN4CC[C@@H](C(=O)NCCO)C4)cc(C#N)c3o2)cccc1-c1cccc(-n2cc3c(n2)CN(C(C)C)CC3)c1Cl. The fraction of sp³-hybridized carbons (Fsp3) is 0.368. The lowest BCUT2D eigenvalue weighted by atomic mass is 9.96. The third kappa shape index (κ3) is 6.47. The molecule has 1 amide bonds. The Hall–Kier alpha value is -4.53. The van der Waals surface area contributed by atoms with E-state index in [0.717, 1.165) is 71.7 Å². The van der Waals surface area contributed by atoms with Gasteiger partial charge in [0.05, 0.1) is 34.5 Å². The first-order valence-corrected chi connectivity index (χ1v) is 17.3. The van der Waals surface area contributed by atoms with E-state index in [4.69, 9.17) is 31.2 Å². The predicted molar refractivity (Wildman–Crippen MR) is 189 cm³/mol. The fourth-order valence-electron chi connectivity index (χ4n) is 7.10. The van der Waals surface area contributed by atoms with Gasteiger partial charge in [0.25, 0.3) is 0 Å². The topological polar surface area (TPSA) is 123 Å². The number of carbonyl (C=O) groups is 1. The first kappa shape index (κ1) is 33.0. The summed E-state index contributed by atoms with van der Waals surface area (Å²) in [7, 11) is 0. The van der Waals surface area contributed by atoms with Crippen molar-refractivity contribution in [1.82, 2.24) is 29.9 Å². The molecule has 0 spiro atoms. The van der Waals surface area contributed by atoms with Gasteiger partial charge in [0.15, 0.2) is 5.58 Å². The summed E-state index contributed by atoms with van der Waals surface area (Å²) in [6.07, 6.45) is 3.83. The molecular formula is C38H40ClN7O3. The molecule has 3 aromatic carbocycles. The van der Waals surface area contributed by atoms with Gasteiger partial charge in [-0.25, -0.2) is 9.67 Å². The molecule has 5 aromatic rings. The molecule has 252 valence electrons. The molecule has 2 aliphatic rings. The molecule has 1 saturated heterocycles. The average Bonchev–Trinajstić information content (AvgIpc) is 3.85. The number of nitriles is 1. The Kier molecular flexibility index (Phi) is 9.27. The van der Waals surface area contributed by atoms with Crippen LogP contribution in [0.4, 0.5) is 0 Å². The first-order chi connectivity index (χ1) is 23.7. The summed E-state index contributed by atoms with van der Waals surface area (Å²) in [4.78, 5) is 21.9. The van der Waals surface area contributed by atoms with Crippen molar-refractivity contribution in [3.05, 3.63) is 87.7 Å². The van der Waals surface area contributed by atoms with Crippen LogP contribution in [0.3, 0.4) is 0 Å². The summed E-state index contributed by atoms with van der Waals surface area (Å²) in [5.41, 5.74) is 9.25. The molecule has 0 bridgehead atoms. The standard InChI is InChI=1S/C38H40ClN7O3/c1-23(2)45-14-11-26-21-46(43-33(26)22-45)34-9-5-8-31(35(34)39)29-6-4-7-30(24(29)3)38-42-32-17-25(16-28(18-40)36(32)49-38)19-44-13-10-27(20-44)37(48)41-12-15-47/h4-9,16-17,21,23,27,47H,10-15,19-20,22H2,1-3H3,(H,41,48)/t27-/m1/s1. The first-order valence-electron chi connectivity index (χ1n) is 16.9. The van der Waals surface area contributed by atoms with Crippen LogP contribution >= 0.6 is 11.6 Å². The molecule has 0 aliphatic carbocycles. The van der Waals surface area contributed by atoms with Gasteiger partial charge in [0.2, 0.25) is 11.8 Å². The second kappa shape index (κ2) is 13.8. The number of carbonyl (C=O) groups excluding carboxylic acids is 1. The highest BCUT2D eigenvalue weighted by Gasteiger charge is 2.29. The lowest BCUT2D eigenvalue weighted by Gasteiger charge is -2.29. The number of aromatic nitrogens is 3. The highest BCUT2D eigenvalue weighted by Crippen LogP contribution is 2.39. The van der Waals surface area contributed by atoms with E-state index in [2.05, 4.69) is 41.2 Å². The summed E-state index contributed by atoms with van der Waals surface area (Å²) in [6.45, 7) is 10.5. The second-order valence-corrected chi connectivity index (χ2v) is 13.7. The Morgan fingerprint density at radius 2 is 1.96 bits per heavy atom. The van der Waals surface area contributed by atoms with Crippen molar-refractivity contribution in [2.24, 2.45) is 5.92 Å².